The number of rotatable bonds is 4. The predicted molar refractivity (Wildman–Crippen MR) is 85.6 cm³/mol. The van der Waals surface area contributed by atoms with E-state index in [0.717, 1.165) is 11.1 Å². The number of hydrogen-bond acceptors (Lipinski definition) is 4. The molecule has 0 aliphatic heterocycles. The molecule has 0 unspecified atom stereocenters. The van der Waals surface area contributed by atoms with Crippen LogP contribution < -0.4 is 10.2 Å². The van der Waals surface area contributed by atoms with E-state index < -0.39 is 0 Å². The van der Waals surface area contributed by atoms with Crippen molar-refractivity contribution in [3.05, 3.63) is 58.7 Å². The summed E-state index contributed by atoms with van der Waals surface area (Å²) in [6.45, 7) is 3.95. The molecule has 2 N–H and O–H groups in total. The Morgan fingerprint density at radius 3 is 2.59 bits per heavy atom. The molecule has 0 heterocycles. The Hall–Kier alpha value is -2.82. The minimum absolute atomic E-state index is 0.0203. The molecule has 0 saturated carbocycles. The maximum absolute atomic E-state index is 12.0. The highest BCUT2D eigenvalue weighted by Gasteiger charge is 2.05. The molecule has 2 aromatic carbocycles. The van der Waals surface area contributed by atoms with Crippen molar-refractivity contribution in [2.45, 2.75) is 13.8 Å². The lowest BCUT2D eigenvalue weighted by Crippen LogP contribution is -2.17. The third-order valence-electron chi connectivity index (χ3n) is 3.35. The number of aromatic hydroxyl groups is 1. The standard InChI is InChI=1S/C17H18N2O3/c1-11-4-6-14(8-12(11)2)17(21)19-18-10-13-5-7-16(22-3)15(20)9-13/h4-10,20H,1-3H3,(H,19,21)/b18-10+. The molecular weight excluding hydrogens is 280 g/mol. The fourth-order valence-electron chi connectivity index (χ4n) is 1.90. The topological polar surface area (TPSA) is 70.9 Å². The van der Waals surface area contributed by atoms with Gasteiger partial charge in [0.25, 0.3) is 5.91 Å². The maximum Gasteiger partial charge on any atom is 0.271 e. The first-order chi connectivity index (χ1) is 10.5. The van der Waals surface area contributed by atoms with E-state index in [2.05, 4.69) is 10.5 Å². The zero-order valence-corrected chi connectivity index (χ0v) is 12.8. The van der Waals surface area contributed by atoms with Crippen LogP contribution >= 0.6 is 0 Å². The summed E-state index contributed by atoms with van der Waals surface area (Å²) in [5.41, 5.74) is 5.85. The van der Waals surface area contributed by atoms with Gasteiger partial charge in [0.15, 0.2) is 11.5 Å². The average Bonchev–Trinajstić information content (AvgIpc) is 2.50. The molecule has 0 atom stereocenters. The zero-order chi connectivity index (χ0) is 16.1. The minimum Gasteiger partial charge on any atom is -0.504 e. The summed E-state index contributed by atoms with van der Waals surface area (Å²) in [7, 11) is 1.48. The summed E-state index contributed by atoms with van der Waals surface area (Å²) in [5.74, 6) is 0.125. The van der Waals surface area contributed by atoms with Crippen molar-refractivity contribution in [3.8, 4) is 11.5 Å². The van der Waals surface area contributed by atoms with Gasteiger partial charge in [-0.3, -0.25) is 4.79 Å². The van der Waals surface area contributed by atoms with E-state index in [0.29, 0.717) is 16.9 Å². The predicted octanol–water partition coefficient (Wildman–Crippen LogP) is 2.78. The first kappa shape index (κ1) is 15.6. The first-order valence-electron chi connectivity index (χ1n) is 6.79. The second-order valence-corrected chi connectivity index (χ2v) is 4.93. The van der Waals surface area contributed by atoms with E-state index in [-0.39, 0.29) is 11.7 Å². The number of benzene rings is 2. The zero-order valence-electron chi connectivity index (χ0n) is 12.8. The smallest absolute Gasteiger partial charge is 0.271 e. The van der Waals surface area contributed by atoms with Gasteiger partial charge in [0.1, 0.15) is 0 Å². The number of ether oxygens (including phenoxy) is 1. The molecule has 22 heavy (non-hydrogen) atoms. The molecule has 1 amide bonds. The van der Waals surface area contributed by atoms with E-state index in [9.17, 15) is 9.90 Å². The summed E-state index contributed by atoms with van der Waals surface area (Å²) in [4.78, 5) is 12.0. The Morgan fingerprint density at radius 1 is 1.18 bits per heavy atom. The molecule has 2 rings (SSSR count). The molecular formula is C17H18N2O3. The summed E-state index contributed by atoms with van der Waals surface area (Å²) in [6, 6.07) is 10.3. The number of carbonyl (C=O) groups is 1. The molecule has 114 valence electrons. The lowest BCUT2D eigenvalue weighted by molar-refractivity contribution is 0.0955. The highest BCUT2D eigenvalue weighted by Crippen LogP contribution is 2.25. The van der Waals surface area contributed by atoms with Crippen LogP contribution in [0.1, 0.15) is 27.0 Å². The van der Waals surface area contributed by atoms with Gasteiger partial charge in [-0.1, -0.05) is 6.07 Å². The van der Waals surface area contributed by atoms with Crippen molar-refractivity contribution in [2.75, 3.05) is 7.11 Å². The van der Waals surface area contributed by atoms with Gasteiger partial charge in [0, 0.05) is 5.56 Å². The van der Waals surface area contributed by atoms with Crippen LogP contribution in [0.3, 0.4) is 0 Å². The molecule has 0 radical (unpaired) electrons. The molecule has 2 aromatic rings. The summed E-state index contributed by atoms with van der Waals surface area (Å²) in [5, 5.41) is 13.6. The molecule has 0 aromatic heterocycles. The number of aryl methyl sites for hydroxylation is 2. The Morgan fingerprint density at radius 2 is 1.95 bits per heavy atom. The average molecular weight is 298 g/mol. The second kappa shape index (κ2) is 6.76. The number of nitrogens with one attached hydrogen (secondary N) is 1. The Labute approximate surface area is 129 Å². The van der Waals surface area contributed by atoms with Crippen molar-refractivity contribution in [2.24, 2.45) is 5.10 Å². The minimum atomic E-state index is -0.280. The largest absolute Gasteiger partial charge is 0.504 e. The number of carbonyl (C=O) groups excluding carboxylic acids is 1. The Balaban J connectivity index is 2.04. The van der Waals surface area contributed by atoms with Crippen LogP contribution in [0.15, 0.2) is 41.5 Å². The van der Waals surface area contributed by atoms with Crippen molar-refractivity contribution >= 4 is 12.1 Å². The van der Waals surface area contributed by atoms with Crippen molar-refractivity contribution in [1.82, 2.24) is 5.43 Å². The number of phenolic OH excluding ortho intramolecular Hbond substituents is 1. The Bertz CT molecular complexity index is 724. The number of hydrogen-bond donors (Lipinski definition) is 2. The van der Waals surface area contributed by atoms with Crippen LogP contribution in [0.5, 0.6) is 11.5 Å². The van der Waals surface area contributed by atoms with Gasteiger partial charge < -0.3 is 9.84 Å². The van der Waals surface area contributed by atoms with Gasteiger partial charge in [-0.15, -0.1) is 0 Å². The molecule has 0 aliphatic carbocycles. The molecule has 0 aliphatic rings. The van der Waals surface area contributed by atoms with Crippen molar-refractivity contribution < 1.29 is 14.6 Å². The summed E-state index contributed by atoms with van der Waals surface area (Å²) in [6.07, 6.45) is 1.46. The van der Waals surface area contributed by atoms with Crippen LogP contribution in [-0.4, -0.2) is 24.3 Å². The number of hydrazone groups is 1. The van der Waals surface area contributed by atoms with Crippen molar-refractivity contribution in [1.29, 1.82) is 0 Å². The quantitative estimate of drug-likeness (QED) is 0.673. The van der Waals surface area contributed by atoms with Crippen LogP contribution in [0.25, 0.3) is 0 Å². The molecule has 5 heteroatoms. The van der Waals surface area contributed by atoms with E-state index in [1.807, 2.05) is 26.0 Å². The first-order valence-corrected chi connectivity index (χ1v) is 6.79. The van der Waals surface area contributed by atoms with Gasteiger partial charge in [0.05, 0.1) is 13.3 Å². The molecule has 0 bridgehead atoms. The van der Waals surface area contributed by atoms with E-state index >= 15 is 0 Å². The van der Waals surface area contributed by atoms with Gasteiger partial charge in [-0.05, 0) is 60.9 Å². The van der Waals surface area contributed by atoms with Crippen LogP contribution in [0, 0.1) is 13.8 Å². The number of nitrogens with zero attached hydrogens (tertiary/aromatic N) is 1. The maximum atomic E-state index is 12.0. The second-order valence-electron chi connectivity index (χ2n) is 4.93. The molecule has 0 spiro atoms. The van der Waals surface area contributed by atoms with Gasteiger partial charge in [-0.25, -0.2) is 5.43 Å². The SMILES string of the molecule is COc1ccc(/C=N/NC(=O)c2ccc(C)c(C)c2)cc1O. The van der Waals surface area contributed by atoms with Gasteiger partial charge in [-0.2, -0.15) is 5.10 Å². The third kappa shape index (κ3) is 3.63. The fraction of sp³-hybridized carbons (Fsp3) is 0.176. The van der Waals surface area contributed by atoms with Crippen LogP contribution in [-0.2, 0) is 0 Å². The normalized spacial score (nSPS) is 10.7. The summed E-state index contributed by atoms with van der Waals surface area (Å²) < 4.78 is 4.96. The van der Waals surface area contributed by atoms with E-state index in [1.165, 1.54) is 19.4 Å². The van der Waals surface area contributed by atoms with E-state index in [1.54, 1.807) is 18.2 Å². The fourth-order valence-corrected chi connectivity index (χ4v) is 1.90. The summed E-state index contributed by atoms with van der Waals surface area (Å²) >= 11 is 0. The highest BCUT2D eigenvalue weighted by molar-refractivity contribution is 5.95. The Kier molecular flexibility index (Phi) is 4.78. The number of methoxy groups -OCH3 is 1. The van der Waals surface area contributed by atoms with Gasteiger partial charge in [0.2, 0.25) is 0 Å². The van der Waals surface area contributed by atoms with Crippen LogP contribution in [0.4, 0.5) is 0 Å². The highest BCUT2D eigenvalue weighted by atomic mass is 16.5. The van der Waals surface area contributed by atoms with Crippen molar-refractivity contribution in [3.63, 3.8) is 0 Å². The van der Waals surface area contributed by atoms with E-state index in [4.69, 9.17) is 4.74 Å². The van der Waals surface area contributed by atoms with Gasteiger partial charge >= 0.3 is 0 Å². The molecule has 0 fully saturated rings. The van der Waals surface area contributed by atoms with Crippen LogP contribution in [0.2, 0.25) is 0 Å². The third-order valence-corrected chi connectivity index (χ3v) is 3.35. The monoisotopic (exact) mass is 298 g/mol. The lowest BCUT2D eigenvalue weighted by Gasteiger charge is -2.04. The molecule has 0 saturated heterocycles. The number of amides is 1. The number of phenols is 1. The molecule has 5 nitrogen and oxygen atoms in total. The lowest BCUT2D eigenvalue weighted by atomic mass is 10.1.